The summed E-state index contributed by atoms with van der Waals surface area (Å²) in [5.41, 5.74) is 5.28. The Morgan fingerprint density at radius 1 is 0.762 bits per heavy atom. The Morgan fingerprint density at radius 3 is 1.67 bits per heavy atom. The zero-order chi connectivity index (χ0) is 14.9. The van der Waals surface area contributed by atoms with Gasteiger partial charge in [-0.1, -0.05) is 28.1 Å². The molecular formula is C16H15BrN4. The summed E-state index contributed by atoms with van der Waals surface area (Å²) in [6.45, 7) is 0. The summed E-state index contributed by atoms with van der Waals surface area (Å²) in [6.07, 6.45) is 3.54. The van der Waals surface area contributed by atoms with E-state index in [0.717, 1.165) is 21.5 Å². The number of anilines is 1. The highest BCUT2D eigenvalue weighted by Crippen LogP contribution is 2.12. The van der Waals surface area contributed by atoms with Crippen LogP contribution in [-0.2, 0) is 0 Å². The summed E-state index contributed by atoms with van der Waals surface area (Å²) < 4.78 is 1.06. The first kappa shape index (κ1) is 15.2. The van der Waals surface area contributed by atoms with E-state index in [-0.39, 0.29) is 0 Å². The second-order valence-corrected chi connectivity index (χ2v) is 5.00. The van der Waals surface area contributed by atoms with Gasteiger partial charge in [0.2, 0.25) is 0 Å². The van der Waals surface area contributed by atoms with Gasteiger partial charge in [0, 0.05) is 22.6 Å². The van der Waals surface area contributed by atoms with Crippen molar-refractivity contribution in [3.63, 3.8) is 0 Å². The average Bonchev–Trinajstić information content (AvgIpc) is 2.58. The molecule has 21 heavy (non-hydrogen) atoms. The number of nitrogens with zero attached hydrogens (tertiary/aromatic N) is 2. The lowest BCUT2D eigenvalue weighted by Gasteiger charge is -1.96. The van der Waals surface area contributed by atoms with E-state index in [9.17, 15) is 0 Å². The Balaban J connectivity index is 0.000000161. The highest BCUT2D eigenvalue weighted by atomic mass is 79.9. The van der Waals surface area contributed by atoms with Crippen LogP contribution >= 0.6 is 15.9 Å². The molecule has 0 saturated heterocycles. The molecule has 0 aliphatic heterocycles. The number of hydrogen-bond donors (Lipinski definition) is 2. The average molecular weight is 343 g/mol. The van der Waals surface area contributed by atoms with Gasteiger partial charge in [0.25, 0.3) is 0 Å². The van der Waals surface area contributed by atoms with Crippen molar-refractivity contribution in [3.05, 3.63) is 77.5 Å². The predicted molar refractivity (Wildman–Crippen MR) is 89.4 cm³/mol. The van der Waals surface area contributed by atoms with Crippen molar-refractivity contribution >= 4 is 21.6 Å². The summed E-state index contributed by atoms with van der Waals surface area (Å²) >= 11 is 3.31. The fourth-order valence-electron chi connectivity index (χ4n) is 1.57. The van der Waals surface area contributed by atoms with Crippen LogP contribution in [0.1, 0.15) is 0 Å². The van der Waals surface area contributed by atoms with Crippen molar-refractivity contribution in [1.82, 2.24) is 9.97 Å². The Bertz CT molecular complexity index is 605. The lowest BCUT2D eigenvalue weighted by molar-refractivity contribution is 1.25. The number of hydrazine groups is 1. The van der Waals surface area contributed by atoms with Gasteiger partial charge in [-0.2, -0.15) is 0 Å². The van der Waals surface area contributed by atoms with Crippen LogP contribution in [0.4, 0.5) is 5.69 Å². The zero-order valence-corrected chi connectivity index (χ0v) is 12.9. The molecule has 0 amide bonds. The normalized spacial score (nSPS) is 9.43. The molecule has 4 nitrogen and oxygen atoms in total. The maximum atomic E-state index is 5.13. The third-order valence-corrected chi connectivity index (χ3v) is 3.13. The predicted octanol–water partition coefficient (Wildman–Crippen LogP) is 3.88. The number of nitrogens with one attached hydrogen (secondary N) is 1. The van der Waals surface area contributed by atoms with E-state index in [1.165, 1.54) is 0 Å². The second-order valence-electron chi connectivity index (χ2n) is 4.08. The summed E-state index contributed by atoms with van der Waals surface area (Å²) in [5.74, 6) is 5.13. The van der Waals surface area contributed by atoms with Crippen molar-refractivity contribution in [3.8, 4) is 11.4 Å². The molecule has 0 fully saturated rings. The molecule has 5 heteroatoms. The van der Waals surface area contributed by atoms with Crippen LogP contribution in [0.3, 0.4) is 0 Å². The van der Waals surface area contributed by atoms with Gasteiger partial charge < -0.3 is 5.43 Å². The van der Waals surface area contributed by atoms with Crippen molar-refractivity contribution in [2.75, 3.05) is 5.43 Å². The smallest absolute Gasteiger partial charge is 0.0886 e. The molecule has 0 aliphatic rings. The van der Waals surface area contributed by atoms with E-state index in [2.05, 4.69) is 31.3 Å². The lowest BCUT2D eigenvalue weighted by atomic mass is 10.2. The minimum absolute atomic E-state index is 0.915. The second kappa shape index (κ2) is 8.14. The number of rotatable bonds is 2. The number of benzene rings is 1. The van der Waals surface area contributed by atoms with Crippen molar-refractivity contribution in [2.45, 2.75) is 0 Å². The Morgan fingerprint density at radius 2 is 1.29 bits per heavy atom. The Kier molecular flexibility index (Phi) is 5.87. The van der Waals surface area contributed by atoms with Crippen LogP contribution in [0.25, 0.3) is 11.4 Å². The molecule has 2 heterocycles. The first-order valence-corrected chi connectivity index (χ1v) is 7.13. The fraction of sp³-hybridized carbons (Fsp3) is 0. The van der Waals surface area contributed by atoms with Gasteiger partial charge in [0.05, 0.1) is 11.4 Å². The van der Waals surface area contributed by atoms with Gasteiger partial charge in [0.15, 0.2) is 0 Å². The topological polar surface area (TPSA) is 63.8 Å². The van der Waals surface area contributed by atoms with Crippen molar-refractivity contribution in [2.24, 2.45) is 5.84 Å². The highest BCUT2D eigenvalue weighted by Gasteiger charge is 1.95. The van der Waals surface area contributed by atoms with Gasteiger partial charge in [-0.3, -0.25) is 15.8 Å². The Hall–Kier alpha value is -2.24. The maximum Gasteiger partial charge on any atom is 0.0886 e. The summed E-state index contributed by atoms with van der Waals surface area (Å²) in [4.78, 5) is 8.37. The maximum absolute atomic E-state index is 5.13. The van der Waals surface area contributed by atoms with E-state index in [1.807, 2.05) is 60.7 Å². The van der Waals surface area contributed by atoms with Crippen LogP contribution in [0, 0.1) is 0 Å². The molecule has 2 aromatic heterocycles. The van der Waals surface area contributed by atoms with Crippen LogP contribution in [0.2, 0.25) is 0 Å². The van der Waals surface area contributed by atoms with Crippen LogP contribution < -0.4 is 11.3 Å². The molecule has 3 N–H and O–H groups in total. The number of nitrogens with two attached hydrogens (primary N) is 1. The van der Waals surface area contributed by atoms with Gasteiger partial charge in [-0.15, -0.1) is 0 Å². The van der Waals surface area contributed by atoms with Crippen LogP contribution in [0.15, 0.2) is 77.5 Å². The van der Waals surface area contributed by atoms with E-state index >= 15 is 0 Å². The number of nitrogen functional groups attached to an aromatic ring is 1. The quantitative estimate of drug-likeness (QED) is 0.548. The molecule has 106 valence electrons. The van der Waals surface area contributed by atoms with Crippen molar-refractivity contribution < 1.29 is 0 Å². The van der Waals surface area contributed by atoms with E-state index in [0.29, 0.717) is 0 Å². The molecule has 1 aromatic carbocycles. The number of halogens is 1. The van der Waals surface area contributed by atoms with Gasteiger partial charge in [0.1, 0.15) is 0 Å². The minimum Gasteiger partial charge on any atom is -0.324 e. The molecule has 3 rings (SSSR count). The molecule has 0 radical (unpaired) electrons. The fourth-order valence-corrected chi connectivity index (χ4v) is 1.84. The van der Waals surface area contributed by atoms with Gasteiger partial charge in [-0.05, 0) is 48.5 Å². The number of hydrogen-bond acceptors (Lipinski definition) is 4. The summed E-state index contributed by atoms with van der Waals surface area (Å²) in [6, 6.07) is 19.2. The molecule has 0 bridgehead atoms. The molecule has 0 aliphatic carbocycles. The van der Waals surface area contributed by atoms with Gasteiger partial charge >= 0.3 is 0 Å². The third-order valence-electron chi connectivity index (χ3n) is 2.60. The van der Waals surface area contributed by atoms with E-state index in [4.69, 9.17) is 5.84 Å². The molecule has 3 aromatic rings. The molecule has 0 saturated carbocycles. The molecule has 0 unspecified atom stereocenters. The molecule has 0 atom stereocenters. The van der Waals surface area contributed by atoms with Crippen LogP contribution in [0.5, 0.6) is 0 Å². The summed E-state index contributed by atoms with van der Waals surface area (Å²) in [5, 5.41) is 0. The van der Waals surface area contributed by atoms with Crippen LogP contribution in [-0.4, -0.2) is 9.97 Å². The monoisotopic (exact) mass is 342 g/mol. The first-order chi connectivity index (χ1) is 10.3. The highest BCUT2D eigenvalue weighted by molar-refractivity contribution is 9.10. The number of pyridine rings is 2. The number of aromatic nitrogens is 2. The zero-order valence-electron chi connectivity index (χ0n) is 11.3. The van der Waals surface area contributed by atoms with Gasteiger partial charge in [-0.25, -0.2) is 0 Å². The lowest BCUT2D eigenvalue weighted by Crippen LogP contribution is -2.05. The standard InChI is InChI=1S/C10H8N2.C6H7BrN2/c1-3-7-11-9(5-1)10-6-2-4-8-12-10;7-5-1-3-6(9-8)4-2-5/h1-8H;1-4,9H,8H2. The Labute approximate surface area is 132 Å². The first-order valence-electron chi connectivity index (χ1n) is 6.34. The third kappa shape index (κ3) is 4.98. The van der Waals surface area contributed by atoms with E-state index in [1.54, 1.807) is 12.4 Å². The largest absolute Gasteiger partial charge is 0.324 e. The SMILES string of the molecule is NNc1ccc(Br)cc1.c1ccc(-c2ccccn2)nc1. The molecular weight excluding hydrogens is 328 g/mol. The molecule has 0 spiro atoms. The summed E-state index contributed by atoms with van der Waals surface area (Å²) in [7, 11) is 0. The van der Waals surface area contributed by atoms with E-state index < -0.39 is 0 Å². The minimum atomic E-state index is 0.915. The van der Waals surface area contributed by atoms with Crippen molar-refractivity contribution in [1.29, 1.82) is 0 Å².